The Kier molecular flexibility index (Phi) is 8.06. The van der Waals surface area contributed by atoms with Crippen LogP contribution in [0.4, 0.5) is 5.69 Å². The van der Waals surface area contributed by atoms with Crippen molar-refractivity contribution >= 4 is 11.6 Å². The third-order valence-electron chi connectivity index (χ3n) is 5.02. The molecule has 6 nitrogen and oxygen atoms in total. The summed E-state index contributed by atoms with van der Waals surface area (Å²) in [6.45, 7) is 9.44. The number of nitrogens with one attached hydrogen (secondary N) is 2. The van der Waals surface area contributed by atoms with Gasteiger partial charge in [0.2, 0.25) is 5.91 Å². The van der Waals surface area contributed by atoms with Crippen LogP contribution in [0.25, 0.3) is 0 Å². The summed E-state index contributed by atoms with van der Waals surface area (Å²) in [5, 5.41) is 19.8. The van der Waals surface area contributed by atoms with Crippen LogP contribution < -0.4 is 10.6 Å². The van der Waals surface area contributed by atoms with E-state index in [-0.39, 0.29) is 11.9 Å². The van der Waals surface area contributed by atoms with Crippen LogP contribution in [-0.2, 0) is 17.8 Å². The first kappa shape index (κ1) is 21.5. The van der Waals surface area contributed by atoms with Gasteiger partial charge in [-0.05, 0) is 43.9 Å². The summed E-state index contributed by atoms with van der Waals surface area (Å²) in [5.41, 5.74) is 4.16. The molecule has 2 rings (SSSR count). The third kappa shape index (κ3) is 6.12. The zero-order valence-electron chi connectivity index (χ0n) is 17.3. The van der Waals surface area contributed by atoms with Crippen LogP contribution in [-0.4, -0.2) is 28.3 Å². The molecule has 0 saturated carbocycles. The maximum Gasteiger partial charge on any atom is 0.220 e. The summed E-state index contributed by atoms with van der Waals surface area (Å²) in [7, 11) is 0. The number of benzene rings is 1. The molecule has 1 aromatic carbocycles. The molecule has 0 aliphatic heterocycles. The van der Waals surface area contributed by atoms with E-state index in [1.807, 2.05) is 48.9 Å². The number of carbonyl (C=O) groups excluding carboxylic acids is 1. The predicted molar refractivity (Wildman–Crippen MR) is 112 cm³/mol. The molecule has 6 heteroatoms. The Morgan fingerprint density at radius 1 is 1.25 bits per heavy atom. The molecule has 0 fully saturated rings. The highest BCUT2D eigenvalue weighted by molar-refractivity contribution is 5.76. The van der Waals surface area contributed by atoms with E-state index in [2.05, 4.69) is 35.6 Å². The summed E-state index contributed by atoms with van der Waals surface area (Å²) >= 11 is 0. The van der Waals surface area contributed by atoms with Crippen LogP contribution in [0.1, 0.15) is 43.6 Å². The topological polar surface area (TPSA) is 82.7 Å². The van der Waals surface area contributed by atoms with Crippen LogP contribution in [0, 0.1) is 31.1 Å². The second-order valence-corrected chi connectivity index (χ2v) is 7.45. The zero-order chi connectivity index (χ0) is 20.5. The quantitative estimate of drug-likeness (QED) is 0.659. The summed E-state index contributed by atoms with van der Waals surface area (Å²) in [5.74, 6) is 0.437. The lowest BCUT2D eigenvalue weighted by molar-refractivity contribution is -0.121. The van der Waals surface area contributed by atoms with Crippen LogP contribution in [0.5, 0.6) is 0 Å². The van der Waals surface area contributed by atoms with Crippen molar-refractivity contribution in [2.45, 2.75) is 59.5 Å². The van der Waals surface area contributed by atoms with Gasteiger partial charge < -0.3 is 10.6 Å². The number of amides is 1. The van der Waals surface area contributed by atoms with Crippen molar-refractivity contribution in [1.29, 1.82) is 5.26 Å². The van der Waals surface area contributed by atoms with Gasteiger partial charge in [-0.25, -0.2) is 0 Å². The Morgan fingerprint density at radius 3 is 2.61 bits per heavy atom. The Balaban J connectivity index is 1.86. The Hall–Kier alpha value is -2.81. The van der Waals surface area contributed by atoms with Crippen molar-refractivity contribution < 1.29 is 4.79 Å². The van der Waals surface area contributed by atoms with Gasteiger partial charge in [-0.3, -0.25) is 9.48 Å². The van der Waals surface area contributed by atoms with Crippen molar-refractivity contribution in [3.05, 3.63) is 47.3 Å². The maximum atomic E-state index is 12.4. The highest BCUT2D eigenvalue weighted by Gasteiger charge is 2.16. The monoisotopic (exact) mass is 381 g/mol. The number of hydrogen-bond acceptors (Lipinski definition) is 4. The Bertz CT molecular complexity index is 804. The average molecular weight is 382 g/mol. The van der Waals surface area contributed by atoms with E-state index in [0.717, 1.165) is 22.6 Å². The van der Waals surface area contributed by atoms with Crippen molar-refractivity contribution in [1.82, 2.24) is 15.1 Å². The molecule has 28 heavy (non-hydrogen) atoms. The van der Waals surface area contributed by atoms with Crippen LogP contribution in [0.3, 0.4) is 0 Å². The fraction of sp³-hybridized carbons (Fsp3) is 0.500. The predicted octanol–water partition coefficient (Wildman–Crippen LogP) is 3.60. The molecule has 2 aromatic rings. The van der Waals surface area contributed by atoms with E-state index in [4.69, 9.17) is 5.26 Å². The first-order valence-corrected chi connectivity index (χ1v) is 9.90. The Morgan fingerprint density at radius 2 is 1.96 bits per heavy atom. The number of anilines is 1. The smallest absolute Gasteiger partial charge is 0.220 e. The van der Waals surface area contributed by atoms with Crippen LogP contribution in [0.15, 0.2) is 30.3 Å². The number of rotatable bonds is 10. The number of hydrogen-bond donors (Lipinski definition) is 2. The van der Waals surface area contributed by atoms with Crippen molar-refractivity contribution in [3.8, 4) is 6.07 Å². The van der Waals surface area contributed by atoms with Gasteiger partial charge in [0.05, 0.1) is 24.7 Å². The van der Waals surface area contributed by atoms with Crippen molar-refractivity contribution in [2.75, 3.05) is 11.9 Å². The van der Waals surface area contributed by atoms with Crippen LogP contribution >= 0.6 is 0 Å². The molecule has 1 heterocycles. The van der Waals surface area contributed by atoms with E-state index in [1.54, 1.807) is 0 Å². The van der Waals surface area contributed by atoms with Gasteiger partial charge in [0.1, 0.15) is 0 Å². The number of carbonyl (C=O) groups is 1. The summed E-state index contributed by atoms with van der Waals surface area (Å²) < 4.78 is 1.87. The fourth-order valence-electron chi connectivity index (χ4n) is 3.22. The second-order valence-electron chi connectivity index (χ2n) is 7.45. The maximum absolute atomic E-state index is 12.4. The molecule has 1 unspecified atom stereocenters. The standard InChI is InChI=1S/C22H31N5O/c1-16(2)21(25-19-9-6-5-7-10-19)15-24-22(28)12-11-20-17(3)26-27(18(20)4)14-8-13-23/h5-7,9-10,16,21,25H,8,11-12,14-15H2,1-4H3,(H,24,28). The minimum Gasteiger partial charge on any atom is -0.380 e. The summed E-state index contributed by atoms with van der Waals surface area (Å²) in [4.78, 5) is 12.4. The minimum atomic E-state index is 0.0455. The third-order valence-corrected chi connectivity index (χ3v) is 5.02. The second kappa shape index (κ2) is 10.5. The molecule has 0 aliphatic rings. The molecule has 0 saturated heterocycles. The first-order valence-electron chi connectivity index (χ1n) is 9.90. The SMILES string of the molecule is Cc1nn(CCC#N)c(C)c1CCC(=O)NCC(Nc1ccccc1)C(C)C. The highest BCUT2D eigenvalue weighted by atomic mass is 16.1. The van der Waals surface area contributed by atoms with Gasteiger partial charge in [0.15, 0.2) is 0 Å². The molecule has 1 amide bonds. The molecule has 2 N–H and O–H groups in total. The first-order chi connectivity index (χ1) is 13.4. The summed E-state index contributed by atoms with van der Waals surface area (Å²) in [6, 6.07) is 12.4. The lowest BCUT2D eigenvalue weighted by atomic mass is 10.0. The molecule has 1 aromatic heterocycles. The number of nitriles is 1. The molecule has 1 atom stereocenters. The van der Waals surface area contributed by atoms with Gasteiger partial charge in [-0.1, -0.05) is 32.0 Å². The van der Waals surface area contributed by atoms with E-state index in [9.17, 15) is 4.79 Å². The minimum absolute atomic E-state index is 0.0455. The highest BCUT2D eigenvalue weighted by Crippen LogP contribution is 2.16. The fourth-order valence-corrected chi connectivity index (χ4v) is 3.22. The van der Waals surface area contributed by atoms with E-state index in [0.29, 0.717) is 38.3 Å². The number of para-hydroxylation sites is 1. The van der Waals surface area contributed by atoms with Crippen molar-refractivity contribution in [3.63, 3.8) is 0 Å². The van der Waals surface area contributed by atoms with Gasteiger partial charge in [0.25, 0.3) is 0 Å². The molecule has 0 radical (unpaired) electrons. The van der Waals surface area contributed by atoms with Gasteiger partial charge in [-0.15, -0.1) is 0 Å². The molecule has 0 bridgehead atoms. The van der Waals surface area contributed by atoms with E-state index in [1.165, 1.54) is 0 Å². The largest absolute Gasteiger partial charge is 0.380 e. The average Bonchev–Trinajstić information content (AvgIpc) is 2.95. The van der Waals surface area contributed by atoms with Gasteiger partial charge in [-0.2, -0.15) is 10.4 Å². The molecule has 0 spiro atoms. The van der Waals surface area contributed by atoms with Crippen LogP contribution in [0.2, 0.25) is 0 Å². The summed E-state index contributed by atoms with van der Waals surface area (Å²) in [6.07, 6.45) is 1.53. The molecular formula is C22H31N5O. The Labute approximate surface area is 167 Å². The molecule has 0 aliphatic carbocycles. The van der Waals surface area contributed by atoms with E-state index >= 15 is 0 Å². The van der Waals surface area contributed by atoms with Crippen molar-refractivity contribution in [2.24, 2.45) is 5.92 Å². The lowest BCUT2D eigenvalue weighted by Crippen LogP contribution is -2.39. The zero-order valence-corrected chi connectivity index (χ0v) is 17.3. The number of aromatic nitrogens is 2. The number of nitrogens with zero attached hydrogens (tertiary/aromatic N) is 3. The van der Waals surface area contributed by atoms with Gasteiger partial charge in [0, 0.05) is 30.4 Å². The normalized spacial score (nSPS) is 11.9. The molecule has 150 valence electrons. The van der Waals surface area contributed by atoms with Gasteiger partial charge >= 0.3 is 0 Å². The van der Waals surface area contributed by atoms with E-state index < -0.39 is 0 Å². The molecular weight excluding hydrogens is 350 g/mol. The number of aryl methyl sites for hydroxylation is 2. The lowest BCUT2D eigenvalue weighted by Gasteiger charge is -2.24.